The van der Waals surface area contributed by atoms with Gasteiger partial charge in [-0.05, 0) is 42.5 Å². The van der Waals surface area contributed by atoms with E-state index < -0.39 is 9.05 Å². The summed E-state index contributed by atoms with van der Waals surface area (Å²) < 4.78 is 27.2. The molecule has 0 spiro atoms. The number of esters is 1. The van der Waals surface area contributed by atoms with Crippen LogP contribution in [0.2, 0.25) is 0 Å². The Kier molecular flexibility index (Phi) is 3.64. The first-order valence-corrected chi connectivity index (χ1v) is 7.87. The fraction of sp³-hybridized carbons (Fsp3) is 0.417. The van der Waals surface area contributed by atoms with Crippen molar-refractivity contribution in [1.29, 1.82) is 0 Å². The van der Waals surface area contributed by atoms with Crippen LogP contribution in [-0.2, 0) is 31.4 Å². The number of carbonyl (C=O) groups is 1. The van der Waals surface area contributed by atoms with Gasteiger partial charge in [-0.3, -0.25) is 4.79 Å². The van der Waals surface area contributed by atoms with E-state index in [1.807, 2.05) is 0 Å². The highest BCUT2D eigenvalue weighted by molar-refractivity contribution is 8.13. The molecule has 1 atom stereocenters. The van der Waals surface area contributed by atoms with Crippen LogP contribution < -0.4 is 0 Å². The first-order valence-electron chi connectivity index (χ1n) is 5.56. The van der Waals surface area contributed by atoms with Crippen LogP contribution in [0.25, 0.3) is 0 Å². The lowest BCUT2D eigenvalue weighted by molar-refractivity contribution is -0.145. The van der Waals surface area contributed by atoms with Gasteiger partial charge in [0, 0.05) is 10.7 Å². The number of hydrogen-bond acceptors (Lipinski definition) is 4. The molecule has 0 heterocycles. The highest BCUT2D eigenvalue weighted by Crippen LogP contribution is 2.29. The molecule has 4 nitrogen and oxygen atoms in total. The Bertz CT molecular complexity index is 580. The predicted molar refractivity (Wildman–Crippen MR) is 67.0 cm³/mol. The van der Waals surface area contributed by atoms with Gasteiger partial charge in [0.1, 0.15) is 0 Å². The summed E-state index contributed by atoms with van der Waals surface area (Å²) in [4.78, 5) is 11.6. The smallest absolute Gasteiger partial charge is 0.309 e. The van der Waals surface area contributed by atoms with E-state index >= 15 is 0 Å². The molecule has 0 bridgehead atoms. The standard InChI is InChI=1S/C12H13ClO4S/c1-17-12(14)9-3-2-8-4-5-11(18(13,15)16)7-10(8)6-9/h4-5,7,9H,2-3,6H2,1H3. The fourth-order valence-corrected chi connectivity index (χ4v) is 3.05. The van der Waals surface area contributed by atoms with Crippen LogP contribution in [0.3, 0.4) is 0 Å². The van der Waals surface area contributed by atoms with Crippen LogP contribution in [0.15, 0.2) is 23.1 Å². The Hall–Kier alpha value is -1.07. The third-order valence-electron chi connectivity index (χ3n) is 3.22. The van der Waals surface area contributed by atoms with Crippen molar-refractivity contribution in [3.05, 3.63) is 29.3 Å². The molecule has 1 aromatic carbocycles. The zero-order valence-electron chi connectivity index (χ0n) is 9.85. The Morgan fingerprint density at radius 2 is 2.11 bits per heavy atom. The summed E-state index contributed by atoms with van der Waals surface area (Å²) in [7, 11) is 2.94. The molecule has 0 radical (unpaired) electrons. The molecule has 1 aliphatic rings. The number of methoxy groups -OCH3 is 1. The number of rotatable bonds is 2. The van der Waals surface area contributed by atoms with E-state index in [1.165, 1.54) is 13.2 Å². The maximum absolute atomic E-state index is 11.5. The largest absolute Gasteiger partial charge is 0.469 e. The monoisotopic (exact) mass is 288 g/mol. The summed E-state index contributed by atoms with van der Waals surface area (Å²) in [6.07, 6.45) is 1.98. The first-order chi connectivity index (χ1) is 8.41. The lowest BCUT2D eigenvalue weighted by Crippen LogP contribution is -2.23. The minimum absolute atomic E-state index is 0.0773. The van der Waals surface area contributed by atoms with Gasteiger partial charge in [0.25, 0.3) is 9.05 Å². The van der Waals surface area contributed by atoms with Gasteiger partial charge in [-0.1, -0.05) is 6.07 Å². The molecule has 98 valence electrons. The second-order valence-electron chi connectivity index (χ2n) is 4.33. The molecule has 0 saturated heterocycles. The summed E-state index contributed by atoms with van der Waals surface area (Å²) >= 11 is 0. The van der Waals surface area contributed by atoms with Gasteiger partial charge in [-0.2, -0.15) is 0 Å². The van der Waals surface area contributed by atoms with E-state index in [0.717, 1.165) is 24.0 Å². The van der Waals surface area contributed by atoms with Crippen LogP contribution >= 0.6 is 10.7 Å². The maximum Gasteiger partial charge on any atom is 0.309 e. The van der Waals surface area contributed by atoms with Crippen molar-refractivity contribution in [3.63, 3.8) is 0 Å². The van der Waals surface area contributed by atoms with Crippen LogP contribution in [0.1, 0.15) is 17.5 Å². The molecule has 1 unspecified atom stereocenters. The summed E-state index contributed by atoms with van der Waals surface area (Å²) in [6, 6.07) is 4.81. The lowest BCUT2D eigenvalue weighted by atomic mass is 9.84. The summed E-state index contributed by atoms with van der Waals surface area (Å²) in [5, 5.41) is 0. The van der Waals surface area contributed by atoms with E-state index in [4.69, 9.17) is 15.4 Å². The molecule has 0 aliphatic heterocycles. The first kappa shape index (κ1) is 13.4. The van der Waals surface area contributed by atoms with Crippen LogP contribution in [0.5, 0.6) is 0 Å². The SMILES string of the molecule is COC(=O)C1CCc2ccc(S(=O)(=O)Cl)cc2C1. The van der Waals surface area contributed by atoms with Crippen molar-refractivity contribution >= 4 is 25.7 Å². The third-order valence-corrected chi connectivity index (χ3v) is 4.57. The number of hydrogen-bond donors (Lipinski definition) is 0. The Morgan fingerprint density at radius 1 is 1.39 bits per heavy atom. The molecular weight excluding hydrogens is 276 g/mol. The van der Waals surface area contributed by atoms with Crippen LogP contribution in [-0.4, -0.2) is 21.5 Å². The molecule has 18 heavy (non-hydrogen) atoms. The van der Waals surface area contributed by atoms with Crippen molar-refractivity contribution in [3.8, 4) is 0 Å². The Labute approximate surface area is 110 Å². The van der Waals surface area contributed by atoms with Crippen molar-refractivity contribution in [1.82, 2.24) is 0 Å². The van der Waals surface area contributed by atoms with Gasteiger partial charge in [0.2, 0.25) is 0 Å². The van der Waals surface area contributed by atoms with E-state index in [-0.39, 0.29) is 16.8 Å². The zero-order valence-corrected chi connectivity index (χ0v) is 11.4. The van der Waals surface area contributed by atoms with Crippen molar-refractivity contribution in [2.75, 3.05) is 7.11 Å². The van der Waals surface area contributed by atoms with Gasteiger partial charge in [-0.15, -0.1) is 0 Å². The van der Waals surface area contributed by atoms with Crippen LogP contribution in [0.4, 0.5) is 0 Å². The van der Waals surface area contributed by atoms with Gasteiger partial charge >= 0.3 is 5.97 Å². The Balaban J connectivity index is 2.33. The van der Waals surface area contributed by atoms with Crippen molar-refractivity contribution in [2.24, 2.45) is 5.92 Å². The fourth-order valence-electron chi connectivity index (χ4n) is 2.25. The van der Waals surface area contributed by atoms with E-state index in [1.54, 1.807) is 12.1 Å². The highest BCUT2D eigenvalue weighted by atomic mass is 35.7. The predicted octanol–water partition coefficient (Wildman–Crippen LogP) is 1.89. The molecule has 0 amide bonds. The highest BCUT2D eigenvalue weighted by Gasteiger charge is 2.26. The number of halogens is 1. The number of ether oxygens (including phenoxy) is 1. The number of carbonyl (C=O) groups excluding carboxylic acids is 1. The van der Waals surface area contributed by atoms with E-state index in [2.05, 4.69) is 0 Å². The lowest BCUT2D eigenvalue weighted by Gasteiger charge is -2.22. The second kappa shape index (κ2) is 4.90. The topological polar surface area (TPSA) is 60.4 Å². The maximum atomic E-state index is 11.5. The minimum atomic E-state index is -3.72. The van der Waals surface area contributed by atoms with Gasteiger partial charge < -0.3 is 4.74 Å². The number of fused-ring (bicyclic) bond motifs is 1. The van der Waals surface area contributed by atoms with Gasteiger partial charge in [0.15, 0.2) is 0 Å². The second-order valence-corrected chi connectivity index (χ2v) is 6.90. The molecule has 6 heteroatoms. The quantitative estimate of drug-likeness (QED) is 0.616. The molecule has 0 N–H and O–H groups in total. The molecule has 0 saturated carbocycles. The summed E-state index contributed by atoms with van der Waals surface area (Å²) in [6.45, 7) is 0. The Morgan fingerprint density at radius 3 is 2.72 bits per heavy atom. The van der Waals surface area contributed by atoms with Gasteiger partial charge in [0.05, 0.1) is 17.9 Å². The average Bonchev–Trinajstić information content (AvgIpc) is 2.35. The number of aryl methyl sites for hydroxylation is 1. The third kappa shape index (κ3) is 2.67. The number of benzene rings is 1. The van der Waals surface area contributed by atoms with Crippen LogP contribution in [0, 0.1) is 5.92 Å². The van der Waals surface area contributed by atoms with Crippen molar-refractivity contribution in [2.45, 2.75) is 24.2 Å². The zero-order chi connectivity index (χ0) is 13.3. The van der Waals surface area contributed by atoms with Crippen molar-refractivity contribution < 1.29 is 17.9 Å². The van der Waals surface area contributed by atoms with Gasteiger partial charge in [-0.25, -0.2) is 8.42 Å². The summed E-state index contributed by atoms with van der Waals surface area (Å²) in [5.41, 5.74) is 1.93. The molecule has 1 aromatic rings. The summed E-state index contributed by atoms with van der Waals surface area (Å²) in [5.74, 6) is -0.449. The molecular formula is C12H13ClO4S. The van der Waals surface area contributed by atoms with E-state index in [0.29, 0.717) is 6.42 Å². The molecule has 1 aliphatic carbocycles. The molecule has 2 rings (SSSR count). The van der Waals surface area contributed by atoms with E-state index in [9.17, 15) is 13.2 Å². The minimum Gasteiger partial charge on any atom is -0.469 e. The average molecular weight is 289 g/mol. The molecule has 0 aromatic heterocycles. The normalized spacial score (nSPS) is 19.1. The molecule has 0 fully saturated rings.